The molecule has 1 saturated heterocycles. The van der Waals surface area contributed by atoms with Crippen LogP contribution in [0.3, 0.4) is 0 Å². The van der Waals surface area contributed by atoms with Crippen LogP contribution in [-0.4, -0.2) is 46.8 Å². The quantitative estimate of drug-likeness (QED) is 0.851. The van der Waals surface area contributed by atoms with Crippen LogP contribution in [0.5, 0.6) is 5.88 Å². The molecule has 6 heteroatoms. The van der Waals surface area contributed by atoms with Gasteiger partial charge in [-0.1, -0.05) is 6.07 Å². The molecule has 1 aliphatic rings. The fourth-order valence-electron chi connectivity index (χ4n) is 2.13. The number of hydrogen-bond acceptors (Lipinski definition) is 4. The highest BCUT2D eigenvalue weighted by atomic mass is 16.5. The Kier molecular flexibility index (Phi) is 4.57. The lowest BCUT2D eigenvalue weighted by molar-refractivity contribution is 0.0871. The van der Waals surface area contributed by atoms with Crippen molar-refractivity contribution in [2.75, 3.05) is 19.6 Å². The molecule has 3 N–H and O–H groups in total. The minimum atomic E-state index is -0.859. The van der Waals surface area contributed by atoms with Crippen LogP contribution in [-0.2, 0) is 6.42 Å². The molecule has 1 aromatic heterocycles. The lowest BCUT2D eigenvalue weighted by Crippen LogP contribution is -2.41. The largest absolute Gasteiger partial charge is 0.474 e. The molecule has 19 heavy (non-hydrogen) atoms. The van der Waals surface area contributed by atoms with Crippen molar-refractivity contribution in [3.63, 3.8) is 0 Å². The zero-order valence-corrected chi connectivity index (χ0v) is 10.8. The van der Waals surface area contributed by atoms with E-state index in [2.05, 4.69) is 4.98 Å². The second kappa shape index (κ2) is 6.38. The van der Waals surface area contributed by atoms with Crippen LogP contribution in [0.15, 0.2) is 18.3 Å². The van der Waals surface area contributed by atoms with E-state index < -0.39 is 6.09 Å². The van der Waals surface area contributed by atoms with Crippen LogP contribution in [0, 0.1) is 0 Å². The van der Waals surface area contributed by atoms with E-state index in [9.17, 15) is 4.79 Å². The van der Waals surface area contributed by atoms with E-state index in [1.165, 1.54) is 4.90 Å². The first-order chi connectivity index (χ1) is 9.19. The molecule has 0 saturated carbocycles. The third-order valence-electron chi connectivity index (χ3n) is 3.23. The Balaban J connectivity index is 1.83. The van der Waals surface area contributed by atoms with E-state index in [1.54, 1.807) is 6.20 Å². The molecular formula is C13H19N3O3. The van der Waals surface area contributed by atoms with Gasteiger partial charge in [0.2, 0.25) is 5.88 Å². The summed E-state index contributed by atoms with van der Waals surface area (Å²) in [5.41, 5.74) is 6.57. The van der Waals surface area contributed by atoms with Gasteiger partial charge in [-0.2, -0.15) is 0 Å². The summed E-state index contributed by atoms with van der Waals surface area (Å²) in [7, 11) is 0. The zero-order valence-electron chi connectivity index (χ0n) is 10.8. The average molecular weight is 265 g/mol. The molecule has 0 radical (unpaired) electrons. The van der Waals surface area contributed by atoms with Gasteiger partial charge in [-0.05, 0) is 18.5 Å². The Morgan fingerprint density at radius 1 is 1.47 bits per heavy atom. The summed E-state index contributed by atoms with van der Waals surface area (Å²) in [6.45, 7) is 1.64. The highest BCUT2D eigenvalue weighted by Crippen LogP contribution is 2.17. The molecule has 1 aliphatic heterocycles. The number of likely N-dealkylation sites (tertiary alicyclic amines) is 1. The van der Waals surface area contributed by atoms with Crippen molar-refractivity contribution in [1.82, 2.24) is 9.88 Å². The minimum Gasteiger partial charge on any atom is -0.474 e. The van der Waals surface area contributed by atoms with Crippen LogP contribution in [0.25, 0.3) is 0 Å². The molecule has 0 spiro atoms. The predicted octanol–water partition coefficient (Wildman–Crippen LogP) is 1.10. The van der Waals surface area contributed by atoms with Crippen LogP contribution in [0.4, 0.5) is 4.79 Å². The summed E-state index contributed by atoms with van der Waals surface area (Å²) < 4.78 is 5.75. The van der Waals surface area contributed by atoms with Crippen molar-refractivity contribution in [2.45, 2.75) is 25.4 Å². The number of rotatable bonds is 4. The third kappa shape index (κ3) is 3.82. The number of ether oxygens (including phenoxy) is 1. The molecule has 2 rings (SSSR count). The number of piperidine rings is 1. The third-order valence-corrected chi connectivity index (χ3v) is 3.23. The van der Waals surface area contributed by atoms with Gasteiger partial charge in [0.05, 0.1) is 0 Å². The predicted molar refractivity (Wildman–Crippen MR) is 70.2 cm³/mol. The Bertz CT molecular complexity index is 414. The van der Waals surface area contributed by atoms with Crippen molar-refractivity contribution in [2.24, 2.45) is 5.73 Å². The van der Waals surface area contributed by atoms with Crippen LogP contribution < -0.4 is 10.5 Å². The van der Waals surface area contributed by atoms with Gasteiger partial charge in [-0.3, -0.25) is 0 Å². The topological polar surface area (TPSA) is 88.7 Å². The Labute approximate surface area is 112 Å². The first kappa shape index (κ1) is 13.6. The number of carbonyl (C=O) groups is 1. The Morgan fingerprint density at radius 3 is 2.74 bits per heavy atom. The number of carboxylic acid groups (broad SMARTS) is 1. The fourth-order valence-corrected chi connectivity index (χ4v) is 2.13. The number of pyridine rings is 1. The second-order valence-electron chi connectivity index (χ2n) is 4.63. The molecule has 0 bridgehead atoms. The van der Waals surface area contributed by atoms with E-state index in [-0.39, 0.29) is 6.10 Å². The molecule has 0 aliphatic carbocycles. The summed E-state index contributed by atoms with van der Waals surface area (Å²) in [6, 6.07) is 3.80. The average Bonchev–Trinajstić information content (AvgIpc) is 2.42. The van der Waals surface area contributed by atoms with Gasteiger partial charge >= 0.3 is 6.09 Å². The number of nitrogens with zero attached hydrogens (tertiary/aromatic N) is 2. The second-order valence-corrected chi connectivity index (χ2v) is 4.63. The van der Waals surface area contributed by atoms with Gasteiger partial charge in [-0.15, -0.1) is 0 Å². The number of nitrogens with two attached hydrogens (primary N) is 1. The van der Waals surface area contributed by atoms with Crippen LogP contribution >= 0.6 is 0 Å². The molecule has 2 heterocycles. The minimum absolute atomic E-state index is 0.0449. The molecular weight excluding hydrogens is 246 g/mol. The Hall–Kier alpha value is -1.82. The molecule has 0 unspecified atom stereocenters. The lowest BCUT2D eigenvalue weighted by Gasteiger charge is -2.29. The van der Waals surface area contributed by atoms with Gasteiger partial charge in [0, 0.05) is 38.2 Å². The maximum atomic E-state index is 10.8. The van der Waals surface area contributed by atoms with E-state index in [1.807, 2.05) is 12.1 Å². The van der Waals surface area contributed by atoms with Crippen molar-refractivity contribution in [1.29, 1.82) is 0 Å². The van der Waals surface area contributed by atoms with Crippen molar-refractivity contribution < 1.29 is 14.6 Å². The highest BCUT2D eigenvalue weighted by molar-refractivity contribution is 5.65. The van der Waals surface area contributed by atoms with Crippen molar-refractivity contribution in [3.8, 4) is 5.88 Å². The molecule has 0 atom stereocenters. The normalized spacial score (nSPS) is 16.4. The molecule has 1 aromatic rings. The molecule has 6 nitrogen and oxygen atoms in total. The molecule has 1 fully saturated rings. The van der Waals surface area contributed by atoms with Gasteiger partial charge in [-0.25, -0.2) is 9.78 Å². The summed E-state index contributed by atoms with van der Waals surface area (Å²) >= 11 is 0. The summed E-state index contributed by atoms with van der Waals surface area (Å²) in [5.74, 6) is 0.592. The van der Waals surface area contributed by atoms with Gasteiger partial charge in [0.1, 0.15) is 6.10 Å². The maximum Gasteiger partial charge on any atom is 0.407 e. The van der Waals surface area contributed by atoms with Gasteiger partial charge < -0.3 is 20.5 Å². The highest BCUT2D eigenvalue weighted by Gasteiger charge is 2.23. The number of hydrogen-bond donors (Lipinski definition) is 2. The van der Waals surface area contributed by atoms with E-state index >= 15 is 0 Å². The van der Waals surface area contributed by atoms with E-state index in [0.717, 1.165) is 12.0 Å². The smallest absolute Gasteiger partial charge is 0.407 e. The monoisotopic (exact) mass is 265 g/mol. The number of amides is 1. The van der Waals surface area contributed by atoms with Crippen LogP contribution in [0.2, 0.25) is 0 Å². The fraction of sp³-hybridized carbons (Fsp3) is 0.538. The summed E-state index contributed by atoms with van der Waals surface area (Å²) in [4.78, 5) is 16.4. The van der Waals surface area contributed by atoms with Gasteiger partial charge in [0.25, 0.3) is 0 Å². The maximum absolute atomic E-state index is 10.8. The van der Waals surface area contributed by atoms with Crippen LogP contribution in [0.1, 0.15) is 18.4 Å². The SMILES string of the molecule is NCCc1ccc(OC2CCN(C(=O)O)CC2)nc1. The number of aromatic nitrogens is 1. The lowest BCUT2D eigenvalue weighted by atomic mass is 10.1. The Morgan fingerprint density at radius 2 is 2.21 bits per heavy atom. The summed E-state index contributed by atoms with van der Waals surface area (Å²) in [5, 5.41) is 8.86. The molecule has 104 valence electrons. The zero-order chi connectivity index (χ0) is 13.7. The first-order valence-electron chi connectivity index (χ1n) is 6.48. The first-order valence-corrected chi connectivity index (χ1v) is 6.48. The summed E-state index contributed by atoms with van der Waals surface area (Å²) in [6.07, 6.45) is 3.18. The van der Waals surface area contributed by atoms with Crippen molar-refractivity contribution in [3.05, 3.63) is 23.9 Å². The standard InChI is InChI=1S/C13H19N3O3/c14-6-3-10-1-2-12(15-9-10)19-11-4-7-16(8-5-11)13(17)18/h1-2,9,11H,3-8,14H2,(H,17,18). The molecule has 1 amide bonds. The molecule has 0 aromatic carbocycles. The van der Waals surface area contributed by atoms with E-state index in [4.69, 9.17) is 15.6 Å². The van der Waals surface area contributed by atoms with E-state index in [0.29, 0.717) is 38.4 Å². The van der Waals surface area contributed by atoms with Gasteiger partial charge in [0.15, 0.2) is 0 Å². The van der Waals surface area contributed by atoms with Crippen molar-refractivity contribution >= 4 is 6.09 Å².